The van der Waals surface area contributed by atoms with Gasteiger partial charge in [0.1, 0.15) is 0 Å². The van der Waals surface area contributed by atoms with Gasteiger partial charge in [-0.3, -0.25) is 0 Å². The summed E-state index contributed by atoms with van der Waals surface area (Å²) in [4.78, 5) is 0. The second-order valence-electron chi connectivity index (χ2n) is 5.46. The lowest BCUT2D eigenvalue weighted by atomic mass is 9.83. The summed E-state index contributed by atoms with van der Waals surface area (Å²) in [5.74, 6) is 2.98. The predicted octanol–water partition coefficient (Wildman–Crippen LogP) is 4.18. The van der Waals surface area contributed by atoms with Crippen molar-refractivity contribution < 1.29 is 0 Å². The Morgan fingerprint density at radius 1 is 1.44 bits per heavy atom. The van der Waals surface area contributed by atoms with E-state index in [-0.39, 0.29) is 6.04 Å². The summed E-state index contributed by atoms with van der Waals surface area (Å²) >= 11 is 4.19. The molecule has 2 aliphatic rings. The molecular formula is C13H18INS. The van der Waals surface area contributed by atoms with Gasteiger partial charge in [0.2, 0.25) is 0 Å². The van der Waals surface area contributed by atoms with Gasteiger partial charge in [0, 0.05) is 6.04 Å². The number of nitrogens with two attached hydrogens (primary N) is 1. The lowest BCUT2D eigenvalue weighted by Gasteiger charge is -2.24. The number of hydrogen-bond acceptors (Lipinski definition) is 2. The van der Waals surface area contributed by atoms with Crippen LogP contribution in [0.25, 0.3) is 0 Å². The molecule has 0 saturated heterocycles. The minimum atomic E-state index is 0.282. The van der Waals surface area contributed by atoms with Gasteiger partial charge in [0.15, 0.2) is 0 Å². The van der Waals surface area contributed by atoms with Crippen LogP contribution in [0.5, 0.6) is 0 Å². The highest BCUT2D eigenvalue weighted by Gasteiger charge is 2.39. The highest BCUT2D eigenvalue weighted by molar-refractivity contribution is 14.1. The van der Waals surface area contributed by atoms with E-state index in [1.165, 1.54) is 40.6 Å². The fraction of sp³-hybridized carbons (Fsp3) is 0.692. The zero-order chi connectivity index (χ0) is 11.1. The maximum atomic E-state index is 6.32. The first kappa shape index (κ1) is 11.5. The summed E-state index contributed by atoms with van der Waals surface area (Å²) in [6, 6.07) is 2.53. The van der Waals surface area contributed by atoms with Crippen molar-refractivity contribution in [2.24, 2.45) is 23.5 Å². The molecule has 1 heterocycles. The Labute approximate surface area is 115 Å². The maximum absolute atomic E-state index is 6.32. The average molecular weight is 347 g/mol. The van der Waals surface area contributed by atoms with E-state index in [2.05, 4.69) is 34.0 Å². The van der Waals surface area contributed by atoms with Crippen LogP contribution in [0.4, 0.5) is 0 Å². The first-order valence-electron chi connectivity index (χ1n) is 6.22. The molecule has 0 spiro atoms. The Balaban J connectivity index is 1.62. The summed E-state index contributed by atoms with van der Waals surface area (Å²) in [5.41, 5.74) is 7.68. The highest BCUT2D eigenvalue weighted by atomic mass is 127. The topological polar surface area (TPSA) is 26.0 Å². The van der Waals surface area contributed by atoms with Crippen LogP contribution in [0, 0.1) is 20.6 Å². The molecule has 2 N–H and O–H groups in total. The van der Waals surface area contributed by atoms with Crippen molar-refractivity contribution in [1.29, 1.82) is 0 Å². The number of hydrogen-bond donors (Lipinski definition) is 1. The van der Waals surface area contributed by atoms with E-state index in [0.717, 1.165) is 17.8 Å². The Bertz CT molecular complexity index is 376. The van der Waals surface area contributed by atoms with Crippen molar-refractivity contribution in [2.45, 2.75) is 38.1 Å². The third-order valence-electron chi connectivity index (χ3n) is 4.46. The van der Waals surface area contributed by atoms with E-state index in [9.17, 15) is 0 Å². The third-order valence-corrected chi connectivity index (χ3v) is 6.26. The SMILES string of the molecule is NC(CC1CC2CCC1C2)c1csc(I)c1. The van der Waals surface area contributed by atoms with Crippen molar-refractivity contribution >= 4 is 33.9 Å². The Kier molecular flexibility index (Phi) is 3.28. The molecule has 4 atom stereocenters. The van der Waals surface area contributed by atoms with Crippen LogP contribution in [0.2, 0.25) is 0 Å². The van der Waals surface area contributed by atoms with Crippen molar-refractivity contribution in [1.82, 2.24) is 0 Å². The molecule has 3 heteroatoms. The fourth-order valence-corrected chi connectivity index (χ4v) is 5.08. The molecule has 2 bridgehead atoms. The molecule has 2 fully saturated rings. The number of rotatable bonds is 3. The monoisotopic (exact) mass is 347 g/mol. The third kappa shape index (κ3) is 2.18. The molecule has 0 aliphatic heterocycles. The van der Waals surface area contributed by atoms with Crippen LogP contribution >= 0.6 is 33.9 Å². The zero-order valence-corrected chi connectivity index (χ0v) is 12.3. The standard InChI is InChI=1S/C13H18INS/c14-13-6-11(7-16-13)12(15)5-10-4-8-1-2-9(10)3-8/h6-10,12H,1-5,15H2. The molecule has 0 amide bonds. The summed E-state index contributed by atoms with van der Waals surface area (Å²) in [6.45, 7) is 0. The summed E-state index contributed by atoms with van der Waals surface area (Å²) in [7, 11) is 0. The van der Waals surface area contributed by atoms with Crippen molar-refractivity contribution in [3.05, 3.63) is 19.9 Å². The van der Waals surface area contributed by atoms with Crippen LogP contribution in [0.1, 0.15) is 43.7 Å². The molecule has 1 nitrogen and oxygen atoms in total. The van der Waals surface area contributed by atoms with Gasteiger partial charge in [-0.05, 0) is 83.0 Å². The van der Waals surface area contributed by atoms with Gasteiger partial charge in [-0.2, -0.15) is 0 Å². The van der Waals surface area contributed by atoms with E-state index in [0.29, 0.717) is 0 Å². The molecule has 1 aromatic rings. The summed E-state index contributed by atoms with van der Waals surface area (Å²) < 4.78 is 1.36. The van der Waals surface area contributed by atoms with E-state index >= 15 is 0 Å². The molecule has 88 valence electrons. The molecule has 2 aliphatic carbocycles. The van der Waals surface area contributed by atoms with Crippen LogP contribution in [0.15, 0.2) is 11.4 Å². The number of halogens is 1. The van der Waals surface area contributed by atoms with Crippen LogP contribution in [-0.2, 0) is 0 Å². The normalized spacial score (nSPS) is 34.5. The predicted molar refractivity (Wildman–Crippen MR) is 77.5 cm³/mol. The maximum Gasteiger partial charge on any atom is 0.0656 e. The van der Waals surface area contributed by atoms with Gasteiger partial charge in [0.05, 0.1) is 2.88 Å². The Morgan fingerprint density at radius 2 is 2.31 bits per heavy atom. The minimum Gasteiger partial charge on any atom is -0.324 e. The molecule has 1 aromatic heterocycles. The molecule has 2 saturated carbocycles. The van der Waals surface area contributed by atoms with Gasteiger partial charge in [-0.25, -0.2) is 0 Å². The number of thiophene rings is 1. The van der Waals surface area contributed by atoms with Crippen LogP contribution in [-0.4, -0.2) is 0 Å². The first-order valence-corrected chi connectivity index (χ1v) is 8.17. The van der Waals surface area contributed by atoms with Crippen molar-refractivity contribution in [2.75, 3.05) is 0 Å². The van der Waals surface area contributed by atoms with Gasteiger partial charge < -0.3 is 5.73 Å². The van der Waals surface area contributed by atoms with E-state index in [1.54, 1.807) is 0 Å². The minimum absolute atomic E-state index is 0.282. The highest BCUT2D eigenvalue weighted by Crippen LogP contribution is 2.50. The smallest absolute Gasteiger partial charge is 0.0656 e. The fourth-order valence-electron chi connectivity index (χ4n) is 3.65. The molecular weight excluding hydrogens is 329 g/mol. The van der Waals surface area contributed by atoms with Gasteiger partial charge in [-0.15, -0.1) is 11.3 Å². The molecule has 4 unspecified atom stereocenters. The second-order valence-corrected chi connectivity index (χ2v) is 8.27. The lowest BCUT2D eigenvalue weighted by Crippen LogP contribution is -2.19. The van der Waals surface area contributed by atoms with Gasteiger partial charge in [-0.1, -0.05) is 6.42 Å². The number of fused-ring (bicyclic) bond motifs is 2. The quantitative estimate of drug-likeness (QED) is 0.816. The Morgan fingerprint density at radius 3 is 2.88 bits per heavy atom. The van der Waals surface area contributed by atoms with Crippen LogP contribution < -0.4 is 5.73 Å². The molecule has 16 heavy (non-hydrogen) atoms. The van der Waals surface area contributed by atoms with Gasteiger partial charge in [0.25, 0.3) is 0 Å². The van der Waals surface area contributed by atoms with E-state index in [1.807, 2.05) is 11.3 Å². The van der Waals surface area contributed by atoms with Gasteiger partial charge >= 0.3 is 0 Å². The summed E-state index contributed by atoms with van der Waals surface area (Å²) in [6.07, 6.45) is 7.14. The van der Waals surface area contributed by atoms with E-state index in [4.69, 9.17) is 5.73 Å². The average Bonchev–Trinajstić information content (AvgIpc) is 2.92. The van der Waals surface area contributed by atoms with Crippen molar-refractivity contribution in [3.63, 3.8) is 0 Å². The lowest BCUT2D eigenvalue weighted by molar-refractivity contribution is 0.296. The second kappa shape index (κ2) is 4.58. The molecule has 3 rings (SSSR count). The van der Waals surface area contributed by atoms with E-state index < -0.39 is 0 Å². The largest absolute Gasteiger partial charge is 0.324 e. The van der Waals surface area contributed by atoms with Crippen molar-refractivity contribution in [3.8, 4) is 0 Å². The first-order chi connectivity index (χ1) is 7.72. The summed E-state index contributed by atoms with van der Waals surface area (Å²) in [5, 5.41) is 2.24. The Hall–Kier alpha value is 0.390. The van der Waals surface area contributed by atoms with Crippen LogP contribution in [0.3, 0.4) is 0 Å². The zero-order valence-electron chi connectivity index (χ0n) is 9.36. The molecule has 0 radical (unpaired) electrons. The molecule has 0 aromatic carbocycles.